The van der Waals surface area contributed by atoms with Crippen LogP contribution < -0.4 is 5.32 Å². The Bertz CT molecular complexity index is 959. The first kappa shape index (κ1) is 17.1. The van der Waals surface area contributed by atoms with Crippen LogP contribution in [0.4, 0.5) is 0 Å². The van der Waals surface area contributed by atoms with Gasteiger partial charge in [-0.25, -0.2) is 4.98 Å². The zero-order valence-corrected chi connectivity index (χ0v) is 15.2. The number of pyridine rings is 1. The lowest BCUT2D eigenvalue weighted by Crippen LogP contribution is -2.38. The molecule has 4 rings (SSSR count). The van der Waals surface area contributed by atoms with E-state index >= 15 is 0 Å². The van der Waals surface area contributed by atoms with Crippen LogP contribution in [0.15, 0.2) is 48.7 Å². The largest absolute Gasteiger partial charge is 0.384 e. The zero-order valence-electron chi connectivity index (χ0n) is 14.4. The molecule has 1 aliphatic rings. The summed E-state index contributed by atoms with van der Waals surface area (Å²) in [6, 6.07) is 12.7. The molecule has 1 aliphatic carbocycles. The average molecular weight is 370 g/mol. The molecule has 0 radical (unpaired) electrons. The summed E-state index contributed by atoms with van der Waals surface area (Å²) in [5.41, 5.74) is 0.683. The number of nitrogens with one attached hydrogen (secondary N) is 1. The van der Waals surface area contributed by atoms with Crippen molar-refractivity contribution in [1.29, 1.82) is 0 Å². The first-order valence-corrected chi connectivity index (χ1v) is 9.07. The van der Waals surface area contributed by atoms with Crippen molar-refractivity contribution in [3.63, 3.8) is 0 Å². The summed E-state index contributed by atoms with van der Waals surface area (Å²) in [5, 5.41) is 14.1. The number of rotatable bonds is 5. The van der Waals surface area contributed by atoms with E-state index in [1.54, 1.807) is 31.2 Å². The van der Waals surface area contributed by atoms with Crippen LogP contribution >= 0.6 is 11.6 Å². The monoisotopic (exact) mass is 369 g/mol. The molecule has 1 unspecified atom stereocenters. The molecule has 134 valence electrons. The summed E-state index contributed by atoms with van der Waals surface area (Å²) in [5.74, 6) is 1.09. The normalized spacial score (nSPS) is 16.4. The fraction of sp³-hybridized carbons (Fsp3) is 0.300. The van der Waals surface area contributed by atoms with Crippen LogP contribution in [0.25, 0.3) is 5.52 Å². The van der Waals surface area contributed by atoms with Gasteiger partial charge in [-0.2, -0.15) is 0 Å². The van der Waals surface area contributed by atoms with Crippen molar-refractivity contribution in [2.75, 3.05) is 6.54 Å². The fourth-order valence-corrected chi connectivity index (χ4v) is 3.23. The number of aromatic nitrogens is 2. The zero-order chi connectivity index (χ0) is 18.3. The minimum Gasteiger partial charge on any atom is -0.384 e. The molecule has 0 bridgehead atoms. The predicted molar refractivity (Wildman–Crippen MR) is 101 cm³/mol. The quantitative estimate of drug-likeness (QED) is 0.723. The Morgan fingerprint density at radius 3 is 2.73 bits per heavy atom. The number of nitrogens with zero attached hydrogens (tertiary/aromatic N) is 2. The molecule has 1 saturated carbocycles. The molecule has 1 fully saturated rings. The van der Waals surface area contributed by atoms with E-state index in [4.69, 9.17) is 11.6 Å². The van der Waals surface area contributed by atoms with Gasteiger partial charge in [0.05, 0.1) is 12.1 Å². The van der Waals surface area contributed by atoms with Crippen LogP contribution in [0.5, 0.6) is 0 Å². The lowest BCUT2D eigenvalue weighted by atomic mass is 9.96. The van der Waals surface area contributed by atoms with Crippen molar-refractivity contribution in [1.82, 2.24) is 14.7 Å². The predicted octanol–water partition coefficient (Wildman–Crippen LogP) is 3.50. The average Bonchev–Trinajstić information content (AvgIpc) is 3.40. The van der Waals surface area contributed by atoms with Crippen molar-refractivity contribution < 1.29 is 9.90 Å². The van der Waals surface area contributed by atoms with Crippen molar-refractivity contribution in [2.45, 2.75) is 31.3 Å². The van der Waals surface area contributed by atoms with Gasteiger partial charge >= 0.3 is 0 Å². The topological polar surface area (TPSA) is 66.6 Å². The second-order valence-electron chi connectivity index (χ2n) is 7.01. The van der Waals surface area contributed by atoms with Gasteiger partial charge in [-0.1, -0.05) is 29.8 Å². The van der Waals surface area contributed by atoms with Gasteiger partial charge in [0.1, 0.15) is 11.4 Å². The van der Waals surface area contributed by atoms with Crippen LogP contribution in [0.2, 0.25) is 5.02 Å². The van der Waals surface area contributed by atoms with Gasteiger partial charge in [0.25, 0.3) is 5.91 Å². The van der Waals surface area contributed by atoms with Crippen molar-refractivity contribution >= 4 is 23.0 Å². The second-order valence-corrected chi connectivity index (χ2v) is 7.45. The van der Waals surface area contributed by atoms with Gasteiger partial charge in [-0.15, -0.1) is 0 Å². The molecule has 26 heavy (non-hydrogen) atoms. The molecule has 1 amide bonds. The summed E-state index contributed by atoms with van der Waals surface area (Å²) in [7, 11) is 0. The van der Waals surface area contributed by atoms with Crippen LogP contribution in [-0.2, 0) is 5.60 Å². The Balaban J connectivity index is 1.55. The third-order valence-corrected chi connectivity index (χ3v) is 5.04. The molecule has 3 aromatic rings. The number of carbonyl (C=O) groups excluding carboxylic acids is 1. The second kappa shape index (κ2) is 6.41. The minimum absolute atomic E-state index is 0.0814. The highest BCUT2D eigenvalue weighted by atomic mass is 35.5. The number of aliphatic hydroxyl groups is 1. The maximum atomic E-state index is 12.7. The van der Waals surface area contributed by atoms with Crippen LogP contribution in [0.1, 0.15) is 47.6 Å². The summed E-state index contributed by atoms with van der Waals surface area (Å²) < 4.78 is 1.99. The Kier molecular flexibility index (Phi) is 4.21. The van der Waals surface area contributed by atoms with E-state index in [9.17, 15) is 9.90 Å². The minimum atomic E-state index is -1.20. The van der Waals surface area contributed by atoms with E-state index in [0.29, 0.717) is 22.2 Å². The maximum Gasteiger partial charge on any atom is 0.272 e. The highest BCUT2D eigenvalue weighted by molar-refractivity contribution is 6.30. The molecule has 2 heterocycles. The third-order valence-electron chi connectivity index (χ3n) is 4.79. The molecule has 0 spiro atoms. The van der Waals surface area contributed by atoms with E-state index in [2.05, 4.69) is 10.3 Å². The smallest absolute Gasteiger partial charge is 0.272 e. The molecule has 2 N–H and O–H groups in total. The SMILES string of the molecule is CC(O)(CNC(=O)c1nc(C2CC2)n2ccccc12)c1ccc(Cl)cc1. The molecule has 5 nitrogen and oxygen atoms in total. The summed E-state index contributed by atoms with van der Waals surface area (Å²) in [4.78, 5) is 17.3. The van der Waals surface area contributed by atoms with Crippen molar-refractivity contribution in [2.24, 2.45) is 0 Å². The number of benzene rings is 1. The molecule has 0 saturated heterocycles. The number of fused-ring (bicyclic) bond motifs is 1. The van der Waals surface area contributed by atoms with Gasteiger partial charge in [-0.05, 0) is 49.6 Å². The molecule has 1 atom stereocenters. The molecule has 6 heteroatoms. The molecule has 0 aliphatic heterocycles. The number of imidazole rings is 1. The number of carbonyl (C=O) groups is 1. The standard InChI is InChI=1S/C20H20ClN3O2/c1-20(26,14-7-9-15(21)10-8-14)12-22-19(25)17-16-4-2-3-11-24(16)18(23-17)13-5-6-13/h2-4,7-11,13,26H,5-6,12H2,1H3,(H,22,25). The van der Waals surface area contributed by atoms with E-state index in [-0.39, 0.29) is 12.5 Å². The summed E-state index contributed by atoms with van der Waals surface area (Å²) >= 11 is 5.90. The summed E-state index contributed by atoms with van der Waals surface area (Å²) in [6.45, 7) is 1.75. The van der Waals surface area contributed by atoms with Gasteiger partial charge < -0.3 is 14.8 Å². The van der Waals surface area contributed by atoms with E-state index < -0.39 is 5.60 Å². The highest BCUT2D eigenvalue weighted by Crippen LogP contribution is 2.40. The molecule has 2 aromatic heterocycles. The lowest BCUT2D eigenvalue weighted by molar-refractivity contribution is 0.0525. The van der Waals surface area contributed by atoms with Crippen LogP contribution in [0.3, 0.4) is 0 Å². The van der Waals surface area contributed by atoms with E-state index in [0.717, 1.165) is 24.2 Å². The molecular formula is C20H20ClN3O2. The number of hydrogen-bond donors (Lipinski definition) is 2. The van der Waals surface area contributed by atoms with E-state index in [1.807, 2.05) is 28.8 Å². The first-order valence-electron chi connectivity index (χ1n) is 8.69. The first-order chi connectivity index (χ1) is 12.5. The van der Waals surface area contributed by atoms with Crippen molar-refractivity contribution in [3.05, 3.63) is 70.8 Å². The van der Waals surface area contributed by atoms with Gasteiger partial charge in [0.15, 0.2) is 5.69 Å². The van der Waals surface area contributed by atoms with Crippen LogP contribution in [-0.4, -0.2) is 26.9 Å². The Morgan fingerprint density at radius 1 is 1.31 bits per heavy atom. The number of halogens is 1. The lowest BCUT2D eigenvalue weighted by Gasteiger charge is -2.24. The number of hydrogen-bond acceptors (Lipinski definition) is 3. The molecular weight excluding hydrogens is 350 g/mol. The van der Waals surface area contributed by atoms with Crippen LogP contribution in [0, 0.1) is 0 Å². The Hall–Kier alpha value is -2.37. The Labute approximate surface area is 156 Å². The van der Waals surface area contributed by atoms with Gasteiger partial charge in [0.2, 0.25) is 0 Å². The summed E-state index contributed by atoms with van der Waals surface area (Å²) in [6.07, 6.45) is 4.16. The molecule has 1 aromatic carbocycles. The number of amides is 1. The van der Waals surface area contributed by atoms with Gasteiger partial charge in [0, 0.05) is 17.1 Å². The fourth-order valence-electron chi connectivity index (χ4n) is 3.11. The third kappa shape index (κ3) is 3.20. The Morgan fingerprint density at radius 2 is 2.04 bits per heavy atom. The van der Waals surface area contributed by atoms with Gasteiger partial charge in [-0.3, -0.25) is 4.79 Å². The van der Waals surface area contributed by atoms with Crippen molar-refractivity contribution in [3.8, 4) is 0 Å². The maximum absolute atomic E-state index is 12.7. The highest BCUT2D eigenvalue weighted by Gasteiger charge is 2.31. The van der Waals surface area contributed by atoms with E-state index in [1.165, 1.54) is 0 Å².